The number of hydrogen-bond acceptors (Lipinski definition) is 3. The molecule has 0 aliphatic rings. The Morgan fingerprint density at radius 2 is 2.20 bits per heavy atom. The van der Waals surface area contributed by atoms with E-state index >= 15 is 0 Å². The molecule has 0 amide bonds. The third-order valence-electron chi connectivity index (χ3n) is 2.05. The van der Waals surface area contributed by atoms with Crippen molar-refractivity contribution in [3.8, 4) is 5.75 Å². The van der Waals surface area contributed by atoms with E-state index in [0.717, 1.165) is 12.0 Å². The fourth-order valence-corrected chi connectivity index (χ4v) is 1.26. The van der Waals surface area contributed by atoms with Crippen molar-refractivity contribution in [1.82, 2.24) is 0 Å². The molecule has 0 fully saturated rings. The van der Waals surface area contributed by atoms with Gasteiger partial charge in [0.05, 0.1) is 6.61 Å². The second-order valence-corrected chi connectivity index (χ2v) is 3.14. The minimum Gasteiger partial charge on any atom is -0.482 e. The van der Waals surface area contributed by atoms with Gasteiger partial charge in [-0.05, 0) is 23.6 Å². The maximum absolute atomic E-state index is 10.4. The highest BCUT2D eigenvalue weighted by Crippen LogP contribution is 2.21. The second kappa shape index (κ2) is 5.36. The molecule has 0 saturated carbocycles. The zero-order valence-corrected chi connectivity index (χ0v) is 8.56. The van der Waals surface area contributed by atoms with Crippen LogP contribution in [0.4, 0.5) is 0 Å². The molecule has 0 aromatic heterocycles. The van der Waals surface area contributed by atoms with E-state index in [9.17, 15) is 4.79 Å². The van der Waals surface area contributed by atoms with Crippen molar-refractivity contribution in [3.05, 3.63) is 29.3 Å². The summed E-state index contributed by atoms with van der Waals surface area (Å²) in [6.45, 7) is 1.52. The first-order valence-corrected chi connectivity index (χ1v) is 4.74. The second-order valence-electron chi connectivity index (χ2n) is 3.14. The lowest BCUT2D eigenvalue weighted by Gasteiger charge is -2.09. The van der Waals surface area contributed by atoms with Crippen LogP contribution in [0, 0.1) is 0 Å². The van der Waals surface area contributed by atoms with Gasteiger partial charge in [-0.3, -0.25) is 0 Å². The van der Waals surface area contributed by atoms with Crippen LogP contribution < -0.4 is 4.74 Å². The van der Waals surface area contributed by atoms with Crippen molar-refractivity contribution in [2.45, 2.75) is 20.0 Å². The van der Waals surface area contributed by atoms with Gasteiger partial charge < -0.3 is 14.9 Å². The van der Waals surface area contributed by atoms with Crippen LogP contribution in [0.15, 0.2) is 18.2 Å². The van der Waals surface area contributed by atoms with Gasteiger partial charge in [0, 0.05) is 0 Å². The van der Waals surface area contributed by atoms with Crippen LogP contribution in [0.25, 0.3) is 0 Å². The largest absolute Gasteiger partial charge is 0.482 e. The average Bonchev–Trinajstić information content (AvgIpc) is 2.25. The first-order valence-electron chi connectivity index (χ1n) is 4.74. The lowest BCUT2D eigenvalue weighted by Crippen LogP contribution is -2.10. The molecule has 4 nitrogen and oxygen atoms in total. The summed E-state index contributed by atoms with van der Waals surface area (Å²) in [5, 5.41) is 17.4. The molecule has 0 radical (unpaired) electrons. The molecule has 0 saturated heterocycles. The van der Waals surface area contributed by atoms with Crippen LogP contribution >= 0.6 is 0 Å². The number of carboxylic acid groups (broad SMARTS) is 1. The van der Waals surface area contributed by atoms with E-state index in [0.29, 0.717) is 11.3 Å². The van der Waals surface area contributed by atoms with E-state index in [1.807, 2.05) is 13.0 Å². The van der Waals surface area contributed by atoms with Crippen LogP contribution in [0.3, 0.4) is 0 Å². The molecule has 15 heavy (non-hydrogen) atoms. The Morgan fingerprint density at radius 1 is 1.47 bits per heavy atom. The van der Waals surface area contributed by atoms with Crippen molar-refractivity contribution in [3.63, 3.8) is 0 Å². The van der Waals surface area contributed by atoms with Crippen molar-refractivity contribution >= 4 is 5.97 Å². The number of hydrogen-bond donors (Lipinski definition) is 2. The summed E-state index contributed by atoms with van der Waals surface area (Å²) in [6.07, 6.45) is 0.765. The molecule has 0 aliphatic carbocycles. The Hall–Kier alpha value is -1.55. The summed E-state index contributed by atoms with van der Waals surface area (Å²) >= 11 is 0. The molecular formula is C11H14O4. The Balaban J connectivity index is 2.85. The summed E-state index contributed by atoms with van der Waals surface area (Å²) in [6, 6.07) is 5.30. The van der Waals surface area contributed by atoms with E-state index in [1.165, 1.54) is 0 Å². The lowest BCUT2D eigenvalue weighted by molar-refractivity contribution is -0.139. The van der Waals surface area contributed by atoms with E-state index in [1.54, 1.807) is 12.1 Å². The SMILES string of the molecule is CCc1ccc(CO)cc1OCC(=O)O. The maximum Gasteiger partial charge on any atom is 0.341 e. The first-order chi connectivity index (χ1) is 7.17. The molecule has 82 valence electrons. The summed E-state index contributed by atoms with van der Waals surface area (Å²) in [5.41, 5.74) is 1.65. The van der Waals surface area contributed by atoms with Gasteiger partial charge in [-0.1, -0.05) is 19.1 Å². The van der Waals surface area contributed by atoms with Gasteiger partial charge in [-0.15, -0.1) is 0 Å². The van der Waals surface area contributed by atoms with E-state index in [-0.39, 0.29) is 13.2 Å². The molecule has 1 aromatic carbocycles. The minimum atomic E-state index is -1.01. The Morgan fingerprint density at radius 3 is 2.73 bits per heavy atom. The average molecular weight is 210 g/mol. The predicted octanol–water partition coefficient (Wildman–Crippen LogP) is 1.20. The number of aliphatic hydroxyl groups is 1. The van der Waals surface area contributed by atoms with Crippen molar-refractivity contribution < 1.29 is 19.7 Å². The Bertz CT molecular complexity index is 346. The zero-order valence-electron chi connectivity index (χ0n) is 8.56. The molecule has 1 rings (SSSR count). The Labute approximate surface area is 88.1 Å². The van der Waals surface area contributed by atoms with Crippen molar-refractivity contribution in [2.75, 3.05) is 6.61 Å². The summed E-state index contributed by atoms with van der Waals surface area (Å²) in [7, 11) is 0. The third-order valence-corrected chi connectivity index (χ3v) is 2.05. The number of benzene rings is 1. The van der Waals surface area contributed by atoms with Gasteiger partial charge in [0.15, 0.2) is 6.61 Å². The van der Waals surface area contributed by atoms with Gasteiger partial charge in [-0.25, -0.2) is 4.79 Å². The number of ether oxygens (including phenoxy) is 1. The fraction of sp³-hybridized carbons (Fsp3) is 0.364. The topological polar surface area (TPSA) is 66.8 Å². The number of carbonyl (C=O) groups is 1. The molecule has 0 heterocycles. The normalized spacial score (nSPS) is 10.0. The molecule has 0 atom stereocenters. The quantitative estimate of drug-likeness (QED) is 0.766. The highest BCUT2D eigenvalue weighted by atomic mass is 16.5. The number of rotatable bonds is 5. The molecule has 0 aliphatic heterocycles. The van der Waals surface area contributed by atoms with E-state index in [4.69, 9.17) is 14.9 Å². The van der Waals surface area contributed by atoms with Crippen LogP contribution in [0.1, 0.15) is 18.1 Å². The molecule has 2 N–H and O–H groups in total. The molecule has 0 spiro atoms. The molecule has 0 unspecified atom stereocenters. The highest BCUT2D eigenvalue weighted by Gasteiger charge is 2.05. The van der Waals surface area contributed by atoms with E-state index in [2.05, 4.69) is 0 Å². The lowest BCUT2D eigenvalue weighted by atomic mass is 10.1. The smallest absolute Gasteiger partial charge is 0.341 e. The van der Waals surface area contributed by atoms with Crippen molar-refractivity contribution in [1.29, 1.82) is 0 Å². The fourth-order valence-electron chi connectivity index (χ4n) is 1.26. The molecule has 0 bridgehead atoms. The van der Waals surface area contributed by atoms with Crippen LogP contribution in [-0.4, -0.2) is 22.8 Å². The summed E-state index contributed by atoms with van der Waals surface area (Å²) in [5.74, 6) is -0.474. The standard InChI is InChI=1S/C11H14O4/c1-2-9-4-3-8(6-12)5-10(9)15-7-11(13)14/h3-5,12H,2,6-7H2,1H3,(H,13,14). The van der Waals surface area contributed by atoms with Gasteiger partial charge in [0.1, 0.15) is 5.75 Å². The number of aliphatic hydroxyl groups excluding tert-OH is 1. The zero-order chi connectivity index (χ0) is 11.3. The summed E-state index contributed by atoms with van der Waals surface area (Å²) < 4.78 is 5.12. The number of aliphatic carboxylic acids is 1. The van der Waals surface area contributed by atoms with Gasteiger partial charge in [0.25, 0.3) is 0 Å². The first kappa shape index (κ1) is 11.5. The Kier molecular flexibility index (Phi) is 4.12. The van der Waals surface area contributed by atoms with Crippen LogP contribution in [0.5, 0.6) is 5.75 Å². The van der Waals surface area contributed by atoms with Gasteiger partial charge >= 0.3 is 5.97 Å². The molecule has 1 aromatic rings. The summed E-state index contributed by atoms with van der Waals surface area (Å²) in [4.78, 5) is 10.4. The number of aryl methyl sites for hydroxylation is 1. The minimum absolute atomic E-state index is 0.0760. The monoisotopic (exact) mass is 210 g/mol. The predicted molar refractivity (Wildman–Crippen MR) is 54.9 cm³/mol. The van der Waals surface area contributed by atoms with Gasteiger partial charge in [0.2, 0.25) is 0 Å². The van der Waals surface area contributed by atoms with Crippen molar-refractivity contribution in [2.24, 2.45) is 0 Å². The van der Waals surface area contributed by atoms with E-state index < -0.39 is 5.97 Å². The van der Waals surface area contributed by atoms with Crippen LogP contribution in [0.2, 0.25) is 0 Å². The molecular weight excluding hydrogens is 196 g/mol. The van der Waals surface area contributed by atoms with Crippen LogP contribution in [-0.2, 0) is 17.8 Å². The molecule has 4 heteroatoms. The maximum atomic E-state index is 10.4. The third kappa shape index (κ3) is 3.25. The van der Waals surface area contributed by atoms with Gasteiger partial charge in [-0.2, -0.15) is 0 Å². The number of carboxylic acids is 1. The highest BCUT2D eigenvalue weighted by molar-refractivity contribution is 5.68.